The standard InChI is InChI=1S/C22H29NO5S/c1-7-27-20(24)22(21(25)28-8-2)13-15(3)17(14-22)16(4)29(26)19-12-10-9-11-18(19)23(5)6/h9-12,17H,3-4,7-8,13-14H2,1-2,5-6H3/t17-,29-/m0/s1. The lowest BCUT2D eigenvalue weighted by molar-refractivity contribution is -0.171. The number of para-hydroxylation sites is 1. The maximum atomic E-state index is 13.3. The molecule has 158 valence electrons. The lowest BCUT2D eigenvalue weighted by atomic mass is 9.85. The summed E-state index contributed by atoms with van der Waals surface area (Å²) >= 11 is 0. The highest BCUT2D eigenvalue weighted by molar-refractivity contribution is 7.89. The SMILES string of the molecule is C=C1CC(C(=O)OCC)(C(=O)OCC)C[C@@H]1C(=C)[S@](=O)c1ccccc1N(C)C. The molecule has 6 nitrogen and oxygen atoms in total. The number of carbonyl (C=O) groups is 2. The van der Waals surface area contributed by atoms with Crippen LogP contribution in [-0.4, -0.2) is 43.5 Å². The number of nitrogens with zero attached hydrogens (tertiary/aromatic N) is 1. The zero-order chi connectivity index (χ0) is 21.8. The molecule has 0 saturated heterocycles. The van der Waals surface area contributed by atoms with Crippen molar-refractivity contribution in [2.45, 2.75) is 31.6 Å². The van der Waals surface area contributed by atoms with Crippen LogP contribution < -0.4 is 4.90 Å². The topological polar surface area (TPSA) is 72.9 Å². The van der Waals surface area contributed by atoms with Gasteiger partial charge in [0, 0.05) is 24.9 Å². The first-order valence-electron chi connectivity index (χ1n) is 9.58. The molecule has 0 spiro atoms. The summed E-state index contributed by atoms with van der Waals surface area (Å²) in [6.45, 7) is 11.8. The molecule has 7 heteroatoms. The zero-order valence-corrected chi connectivity index (χ0v) is 18.3. The van der Waals surface area contributed by atoms with Gasteiger partial charge in [-0.25, -0.2) is 4.21 Å². The van der Waals surface area contributed by atoms with Gasteiger partial charge in [0.1, 0.15) is 0 Å². The highest BCUT2D eigenvalue weighted by Crippen LogP contribution is 2.50. The van der Waals surface area contributed by atoms with Gasteiger partial charge in [-0.15, -0.1) is 0 Å². The fourth-order valence-electron chi connectivity index (χ4n) is 3.60. The van der Waals surface area contributed by atoms with Crippen LogP contribution in [0, 0.1) is 11.3 Å². The summed E-state index contributed by atoms with van der Waals surface area (Å²) in [6.07, 6.45) is 0.194. The van der Waals surface area contributed by atoms with Crippen LogP contribution in [0.1, 0.15) is 26.7 Å². The van der Waals surface area contributed by atoms with Crippen LogP contribution in [0.15, 0.2) is 52.8 Å². The summed E-state index contributed by atoms with van der Waals surface area (Å²) in [5, 5.41) is 0. The van der Waals surface area contributed by atoms with Gasteiger partial charge in [-0.05, 0) is 38.8 Å². The Morgan fingerprint density at radius 2 is 1.72 bits per heavy atom. The molecule has 0 N–H and O–H groups in total. The maximum absolute atomic E-state index is 13.3. The molecule has 2 atom stereocenters. The van der Waals surface area contributed by atoms with E-state index in [1.54, 1.807) is 19.9 Å². The van der Waals surface area contributed by atoms with E-state index in [0.29, 0.717) is 15.4 Å². The molecule has 0 bridgehead atoms. The van der Waals surface area contributed by atoms with Gasteiger partial charge < -0.3 is 14.4 Å². The van der Waals surface area contributed by atoms with Gasteiger partial charge in [0.2, 0.25) is 0 Å². The van der Waals surface area contributed by atoms with Crippen molar-refractivity contribution in [3.63, 3.8) is 0 Å². The third-order valence-corrected chi connectivity index (χ3v) is 6.59. The molecule has 1 aromatic carbocycles. The third-order valence-electron chi connectivity index (χ3n) is 5.08. The Kier molecular flexibility index (Phi) is 7.41. The fourth-order valence-corrected chi connectivity index (χ4v) is 5.04. The molecular weight excluding hydrogens is 390 g/mol. The van der Waals surface area contributed by atoms with Crippen LogP contribution in [0.4, 0.5) is 5.69 Å². The number of rotatable bonds is 8. The van der Waals surface area contributed by atoms with E-state index in [9.17, 15) is 13.8 Å². The molecular formula is C22H29NO5S. The van der Waals surface area contributed by atoms with Crippen LogP contribution in [-0.2, 0) is 29.9 Å². The molecule has 29 heavy (non-hydrogen) atoms. The van der Waals surface area contributed by atoms with E-state index in [1.807, 2.05) is 37.2 Å². The van der Waals surface area contributed by atoms with Crippen LogP contribution in [0.5, 0.6) is 0 Å². The molecule has 0 amide bonds. The molecule has 1 aromatic rings. The van der Waals surface area contributed by atoms with Crippen LogP contribution >= 0.6 is 0 Å². The first-order chi connectivity index (χ1) is 13.7. The lowest BCUT2D eigenvalue weighted by Gasteiger charge is -2.24. The molecule has 0 aromatic heterocycles. The van der Waals surface area contributed by atoms with Gasteiger partial charge in [0.05, 0.1) is 34.6 Å². The summed E-state index contributed by atoms with van der Waals surface area (Å²) in [4.78, 5) is 28.3. The van der Waals surface area contributed by atoms with Gasteiger partial charge in [0.25, 0.3) is 0 Å². The van der Waals surface area contributed by atoms with Crippen molar-refractivity contribution in [2.24, 2.45) is 11.3 Å². The van der Waals surface area contributed by atoms with Crippen molar-refractivity contribution < 1.29 is 23.3 Å². The minimum Gasteiger partial charge on any atom is -0.465 e. The number of esters is 2. The number of ether oxygens (including phenoxy) is 2. The Labute approximate surface area is 175 Å². The molecule has 0 heterocycles. The van der Waals surface area contributed by atoms with E-state index in [0.717, 1.165) is 5.69 Å². The summed E-state index contributed by atoms with van der Waals surface area (Å²) in [5.74, 6) is -1.72. The molecule has 0 unspecified atom stereocenters. The molecule has 0 aliphatic heterocycles. The van der Waals surface area contributed by atoms with Gasteiger partial charge in [0.15, 0.2) is 5.41 Å². The minimum atomic E-state index is -1.54. The van der Waals surface area contributed by atoms with Gasteiger partial charge in [-0.3, -0.25) is 9.59 Å². The smallest absolute Gasteiger partial charge is 0.323 e. The summed E-state index contributed by atoms with van der Waals surface area (Å²) < 4.78 is 23.7. The van der Waals surface area contributed by atoms with Crippen molar-refractivity contribution in [1.82, 2.24) is 0 Å². The van der Waals surface area contributed by atoms with Gasteiger partial charge in [-0.1, -0.05) is 30.9 Å². The van der Waals surface area contributed by atoms with Crippen LogP contribution in [0.25, 0.3) is 0 Å². The number of allylic oxidation sites excluding steroid dienone is 2. The van der Waals surface area contributed by atoms with Crippen LogP contribution in [0.3, 0.4) is 0 Å². The van der Waals surface area contributed by atoms with Crippen molar-refractivity contribution in [1.29, 1.82) is 0 Å². The molecule has 1 aliphatic rings. The highest BCUT2D eigenvalue weighted by Gasteiger charge is 2.56. The zero-order valence-electron chi connectivity index (χ0n) is 17.5. The summed E-state index contributed by atoms with van der Waals surface area (Å²) in [7, 11) is 2.21. The molecule has 0 radical (unpaired) electrons. The van der Waals surface area contributed by atoms with Crippen molar-refractivity contribution in [3.8, 4) is 0 Å². The van der Waals surface area contributed by atoms with Crippen molar-refractivity contribution in [2.75, 3.05) is 32.2 Å². The van der Waals surface area contributed by atoms with E-state index < -0.39 is 34.1 Å². The Bertz CT molecular complexity index is 827. The second kappa shape index (κ2) is 9.39. The normalized spacial score (nSPS) is 18.8. The monoisotopic (exact) mass is 419 g/mol. The van der Waals surface area contributed by atoms with Gasteiger partial charge in [-0.2, -0.15) is 0 Å². The Morgan fingerprint density at radius 3 is 2.24 bits per heavy atom. The first kappa shape index (κ1) is 22.9. The van der Waals surface area contributed by atoms with Crippen molar-refractivity contribution in [3.05, 3.63) is 47.9 Å². The van der Waals surface area contributed by atoms with E-state index in [4.69, 9.17) is 9.47 Å². The average molecular weight is 420 g/mol. The summed E-state index contributed by atoms with van der Waals surface area (Å²) in [6, 6.07) is 7.36. The predicted octanol–water partition coefficient (Wildman–Crippen LogP) is 3.45. The molecule has 1 aliphatic carbocycles. The van der Waals surface area contributed by atoms with E-state index in [1.165, 1.54) is 0 Å². The lowest BCUT2D eigenvalue weighted by Crippen LogP contribution is -2.40. The molecule has 2 rings (SSSR count). The minimum absolute atomic E-state index is 0.0954. The van der Waals surface area contributed by atoms with Gasteiger partial charge >= 0.3 is 11.9 Å². The largest absolute Gasteiger partial charge is 0.465 e. The van der Waals surface area contributed by atoms with Crippen LogP contribution in [0.2, 0.25) is 0 Å². The second-order valence-electron chi connectivity index (χ2n) is 7.21. The maximum Gasteiger partial charge on any atom is 0.323 e. The number of benzene rings is 1. The number of anilines is 1. The number of carbonyl (C=O) groups excluding carboxylic acids is 2. The molecule has 1 fully saturated rings. The average Bonchev–Trinajstić information content (AvgIpc) is 3.06. The first-order valence-corrected chi connectivity index (χ1v) is 10.7. The van der Waals surface area contributed by atoms with E-state index in [2.05, 4.69) is 13.2 Å². The quantitative estimate of drug-likeness (QED) is 0.365. The molecule has 1 saturated carbocycles. The van der Waals surface area contributed by atoms with E-state index in [-0.39, 0.29) is 26.1 Å². The Morgan fingerprint density at radius 1 is 1.17 bits per heavy atom. The van der Waals surface area contributed by atoms with Crippen molar-refractivity contribution >= 4 is 28.4 Å². The Hall–Kier alpha value is -2.41. The Balaban J connectivity index is 2.37. The number of hydrogen-bond donors (Lipinski definition) is 0. The number of hydrogen-bond acceptors (Lipinski definition) is 6. The predicted molar refractivity (Wildman–Crippen MR) is 114 cm³/mol. The second-order valence-corrected chi connectivity index (χ2v) is 8.71. The summed E-state index contributed by atoms with van der Waals surface area (Å²) in [5.41, 5.74) is -0.0217. The third kappa shape index (κ3) is 4.45. The van der Waals surface area contributed by atoms with E-state index >= 15 is 0 Å². The highest BCUT2D eigenvalue weighted by atomic mass is 32.2. The fraction of sp³-hybridized carbons (Fsp3) is 0.455.